The molecule has 1 saturated carbocycles. The molecule has 0 radical (unpaired) electrons. The molecule has 2 amide bonds. The third-order valence-corrected chi connectivity index (χ3v) is 3.98. The Morgan fingerprint density at radius 2 is 2.19 bits per heavy atom. The monoisotopic (exact) mass is 294 g/mol. The summed E-state index contributed by atoms with van der Waals surface area (Å²) in [7, 11) is 0. The van der Waals surface area contributed by atoms with Gasteiger partial charge in [0.05, 0.1) is 6.10 Å². The highest BCUT2D eigenvalue weighted by molar-refractivity contribution is 5.73. The number of aliphatic hydroxyl groups excluding tert-OH is 1. The second-order valence-corrected chi connectivity index (χ2v) is 5.83. The molecule has 1 aliphatic rings. The minimum Gasteiger partial charge on any atom is -0.393 e. The molecule has 2 unspecified atom stereocenters. The Hall–Kier alpha value is -1.62. The number of hydrogen-bond donors (Lipinski definition) is 3. The fourth-order valence-corrected chi connectivity index (χ4v) is 2.75. The van der Waals surface area contributed by atoms with Gasteiger partial charge in [-0.25, -0.2) is 9.18 Å². The number of benzene rings is 1. The van der Waals surface area contributed by atoms with Crippen LogP contribution in [0.1, 0.15) is 36.8 Å². The summed E-state index contributed by atoms with van der Waals surface area (Å²) in [6.45, 7) is 2.67. The molecule has 1 fully saturated rings. The number of aliphatic hydroxyl groups is 1. The Balaban J connectivity index is 1.70. The third kappa shape index (κ3) is 5.01. The van der Waals surface area contributed by atoms with Crippen molar-refractivity contribution in [1.82, 2.24) is 10.6 Å². The first kappa shape index (κ1) is 15.8. The van der Waals surface area contributed by atoms with Gasteiger partial charge in [0.2, 0.25) is 0 Å². The predicted molar refractivity (Wildman–Crippen MR) is 79.3 cm³/mol. The van der Waals surface area contributed by atoms with Gasteiger partial charge in [-0.05, 0) is 49.3 Å². The number of halogens is 1. The number of aryl methyl sites for hydroxylation is 1. The van der Waals surface area contributed by atoms with Gasteiger partial charge in [0, 0.05) is 13.1 Å². The summed E-state index contributed by atoms with van der Waals surface area (Å²) in [4.78, 5) is 11.7. The predicted octanol–water partition coefficient (Wildman–Crippen LogP) is 2.48. The highest BCUT2D eigenvalue weighted by atomic mass is 19.1. The number of urea groups is 1. The number of carbonyl (C=O) groups excluding carboxylic acids is 1. The molecule has 4 nitrogen and oxygen atoms in total. The molecule has 3 N–H and O–H groups in total. The molecule has 1 aromatic carbocycles. The van der Waals surface area contributed by atoms with Gasteiger partial charge in [-0.2, -0.15) is 0 Å². The van der Waals surface area contributed by atoms with E-state index in [1.807, 2.05) is 0 Å². The van der Waals surface area contributed by atoms with E-state index in [0.717, 1.165) is 31.2 Å². The summed E-state index contributed by atoms with van der Waals surface area (Å²) in [6, 6.07) is 4.58. The van der Waals surface area contributed by atoms with Crippen molar-refractivity contribution in [1.29, 1.82) is 0 Å². The van der Waals surface area contributed by atoms with E-state index in [1.54, 1.807) is 19.1 Å². The van der Waals surface area contributed by atoms with Gasteiger partial charge in [-0.1, -0.05) is 18.6 Å². The third-order valence-electron chi connectivity index (χ3n) is 3.98. The Labute approximate surface area is 124 Å². The van der Waals surface area contributed by atoms with Crippen LogP contribution in [0.5, 0.6) is 0 Å². The van der Waals surface area contributed by atoms with Crippen LogP contribution in [0.3, 0.4) is 0 Å². The molecule has 0 aliphatic heterocycles. The Morgan fingerprint density at radius 1 is 1.38 bits per heavy atom. The molecule has 0 heterocycles. The van der Waals surface area contributed by atoms with E-state index >= 15 is 0 Å². The number of nitrogens with one attached hydrogen (secondary N) is 2. The molecule has 0 aromatic heterocycles. The lowest BCUT2D eigenvalue weighted by molar-refractivity contribution is 0.101. The van der Waals surface area contributed by atoms with Gasteiger partial charge in [0.25, 0.3) is 0 Å². The smallest absolute Gasteiger partial charge is 0.315 e. The standard InChI is InChI=1S/C16H23FN2O2/c1-11-7-13(5-6-15(11)17)10-19-16(21)18-9-12-3-2-4-14(20)8-12/h5-7,12,14,20H,2-4,8-10H2,1H3,(H2,18,19,21). The van der Waals surface area contributed by atoms with E-state index in [-0.39, 0.29) is 18.0 Å². The summed E-state index contributed by atoms with van der Waals surface area (Å²) in [5.41, 5.74) is 1.45. The highest BCUT2D eigenvalue weighted by Gasteiger charge is 2.20. The van der Waals surface area contributed by atoms with Crippen molar-refractivity contribution in [2.45, 2.75) is 45.3 Å². The lowest BCUT2D eigenvalue weighted by Crippen LogP contribution is -2.39. The number of hydrogen-bond acceptors (Lipinski definition) is 2. The number of carbonyl (C=O) groups is 1. The van der Waals surface area contributed by atoms with Crippen molar-refractivity contribution in [3.8, 4) is 0 Å². The summed E-state index contributed by atoms with van der Waals surface area (Å²) in [5.74, 6) is 0.117. The molecule has 21 heavy (non-hydrogen) atoms. The molecule has 1 aliphatic carbocycles. The fraction of sp³-hybridized carbons (Fsp3) is 0.562. The Kier molecular flexibility index (Phi) is 5.56. The van der Waals surface area contributed by atoms with E-state index in [4.69, 9.17) is 0 Å². The quantitative estimate of drug-likeness (QED) is 0.799. The lowest BCUT2D eigenvalue weighted by atomic mass is 9.87. The first-order valence-electron chi connectivity index (χ1n) is 7.49. The zero-order valence-electron chi connectivity index (χ0n) is 12.4. The van der Waals surface area contributed by atoms with Gasteiger partial charge < -0.3 is 15.7 Å². The van der Waals surface area contributed by atoms with Crippen LogP contribution in [0.15, 0.2) is 18.2 Å². The molecular formula is C16H23FN2O2. The SMILES string of the molecule is Cc1cc(CNC(=O)NCC2CCCC(O)C2)ccc1F. The second-order valence-electron chi connectivity index (χ2n) is 5.83. The van der Waals surface area contributed by atoms with E-state index < -0.39 is 0 Å². The number of amides is 2. The van der Waals surface area contributed by atoms with Gasteiger partial charge in [-0.15, -0.1) is 0 Å². The van der Waals surface area contributed by atoms with Crippen molar-refractivity contribution in [3.63, 3.8) is 0 Å². The maximum absolute atomic E-state index is 13.1. The van der Waals surface area contributed by atoms with Crippen LogP contribution in [0, 0.1) is 18.7 Å². The van der Waals surface area contributed by atoms with E-state index in [2.05, 4.69) is 10.6 Å². The fourth-order valence-electron chi connectivity index (χ4n) is 2.75. The van der Waals surface area contributed by atoms with Crippen LogP contribution in [-0.2, 0) is 6.54 Å². The van der Waals surface area contributed by atoms with E-state index in [0.29, 0.717) is 24.6 Å². The normalized spacial score (nSPS) is 21.9. The Bertz CT molecular complexity index is 493. The van der Waals surface area contributed by atoms with Crippen LogP contribution in [-0.4, -0.2) is 23.8 Å². The van der Waals surface area contributed by atoms with Crippen molar-refractivity contribution >= 4 is 6.03 Å². The molecular weight excluding hydrogens is 271 g/mol. The van der Waals surface area contributed by atoms with Gasteiger partial charge in [-0.3, -0.25) is 0 Å². The van der Waals surface area contributed by atoms with Crippen molar-refractivity contribution in [2.75, 3.05) is 6.54 Å². The summed E-state index contributed by atoms with van der Waals surface area (Å²) in [6.07, 6.45) is 3.47. The zero-order valence-corrected chi connectivity index (χ0v) is 12.4. The van der Waals surface area contributed by atoms with Crippen LogP contribution < -0.4 is 10.6 Å². The molecule has 2 rings (SSSR count). The maximum atomic E-state index is 13.1. The molecule has 116 valence electrons. The highest BCUT2D eigenvalue weighted by Crippen LogP contribution is 2.23. The van der Waals surface area contributed by atoms with Crippen LogP contribution in [0.4, 0.5) is 9.18 Å². The second kappa shape index (κ2) is 7.41. The summed E-state index contributed by atoms with van der Waals surface area (Å²) in [5, 5.41) is 15.2. The number of rotatable bonds is 4. The van der Waals surface area contributed by atoms with Crippen LogP contribution in [0.25, 0.3) is 0 Å². The van der Waals surface area contributed by atoms with Crippen LogP contribution in [0.2, 0.25) is 0 Å². The van der Waals surface area contributed by atoms with Crippen molar-refractivity contribution in [2.24, 2.45) is 5.92 Å². The van der Waals surface area contributed by atoms with Crippen LogP contribution >= 0.6 is 0 Å². The lowest BCUT2D eigenvalue weighted by Gasteiger charge is -2.25. The topological polar surface area (TPSA) is 61.4 Å². The van der Waals surface area contributed by atoms with Crippen molar-refractivity contribution < 1.29 is 14.3 Å². The van der Waals surface area contributed by atoms with Crippen molar-refractivity contribution in [3.05, 3.63) is 35.1 Å². The van der Waals surface area contributed by atoms with Gasteiger partial charge >= 0.3 is 6.03 Å². The van der Waals surface area contributed by atoms with Gasteiger partial charge in [0.15, 0.2) is 0 Å². The largest absolute Gasteiger partial charge is 0.393 e. The maximum Gasteiger partial charge on any atom is 0.315 e. The molecule has 0 spiro atoms. The molecule has 1 aromatic rings. The van der Waals surface area contributed by atoms with Gasteiger partial charge in [0.1, 0.15) is 5.82 Å². The Morgan fingerprint density at radius 3 is 2.90 bits per heavy atom. The van der Waals surface area contributed by atoms with E-state index in [9.17, 15) is 14.3 Å². The molecule has 2 atom stereocenters. The first-order chi connectivity index (χ1) is 10.0. The molecule has 5 heteroatoms. The average molecular weight is 294 g/mol. The summed E-state index contributed by atoms with van der Waals surface area (Å²) < 4.78 is 13.1. The zero-order chi connectivity index (χ0) is 15.2. The molecule has 0 saturated heterocycles. The minimum atomic E-state index is -0.237. The van der Waals surface area contributed by atoms with E-state index in [1.165, 1.54) is 6.07 Å². The summed E-state index contributed by atoms with van der Waals surface area (Å²) >= 11 is 0. The minimum absolute atomic E-state index is 0.225. The molecule has 0 bridgehead atoms. The first-order valence-corrected chi connectivity index (χ1v) is 7.49. The average Bonchev–Trinajstić information content (AvgIpc) is 2.46.